The number of benzene rings is 1. The molecule has 1 aromatic carbocycles. The van der Waals surface area contributed by atoms with Crippen molar-refractivity contribution < 1.29 is 0 Å². The molecule has 1 heterocycles. The van der Waals surface area contributed by atoms with Gasteiger partial charge in [0, 0.05) is 30.0 Å². The molecule has 0 aliphatic carbocycles. The van der Waals surface area contributed by atoms with Gasteiger partial charge in [-0.2, -0.15) is 0 Å². The van der Waals surface area contributed by atoms with Crippen molar-refractivity contribution in [3.8, 4) is 0 Å². The van der Waals surface area contributed by atoms with Crippen molar-refractivity contribution in [2.45, 2.75) is 45.7 Å². The fourth-order valence-corrected chi connectivity index (χ4v) is 2.68. The van der Waals surface area contributed by atoms with E-state index in [0.717, 1.165) is 18.1 Å². The Morgan fingerprint density at radius 3 is 2.52 bits per heavy atom. The predicted octanol–water partition coefficient (Wildman–Crippen LogP) is 5.03. The molecule has 0 amide bonds. The number of nitrogens with zero attached hydrogens (tertiary/aromatic N) is 1. The van der Waals surface area contributed by atoms with Crippen molar-refractivity contribution >= 4 is 11.6 Å². The molecule has 1 atom stereocenters. The zero-order chi connectivity index (χ0) is 15.1. The smallest absolute Gasteiger partial charge is 0.0470 e. The summed E-state index contributed by atoms with van der Waals surface area (Å²) in [6.45, 7) is 6.42. The maximum Gasteiger partial charge on any atom is 0.0470 e. The van der Waals surface area contributed by atoms with Gasteiger partial charge in [0.1, 0.15) is 0 Å². The lowest BCUT2D eigenvalue weighted by molar-refractivity contribution is 0.493. The van der Waals surface area contributed by atoms with E-state index in [-0.39, 0.29) is 0 Å². The van der Waals surface area contributed by atoms with E-state index in [1.54, 1.807) is 0 Å². The van der Waals surface area contributed by atoms with Gasteiger partial charge in [0.25, 0.3) is 0 Å². The average Bonchev–Trinajstić information content (AvgIpc) is 2.94. The van der Waals surface area contributed by atoms with E-state index in [9.17, 15) is 0 Å². The van der Waals surface area contributed by atoms with Crippen LogP contribution < -0.4 is 5.32 Å². The van der Waals surface area contributed by atoms with Gasteiger partial charge in [0.05, 0.1) is 0 Å². The SMILES string of the molecule is CCCNC(CCC)c1ccn(Cc2ccc(Cl)cc2)c1. The summed E-state index contributed by atoms with van der Waals surface area (Å²) in [6.07, 6.45) is 7.98. The van der Waals surface area contributed by atoms with E-state index in [1.807, 2.05) is 12.1 Å². The highest BCUT2D eigenvalue weighted by atomic mass is 35.5. The first-order valence-corrected chi connectivity index (χ1v) is 8.24. The first kappa shape index (κ1) is 16.1. The number of hydrogen-bond acceptors (Lipinski definition) is 1. The van der Waals surface area contributed by atoms with Crippen LogP contribution >= 0.6 is 11.6 Å². The van der Waals surface area contributed by atoms with Crippen molar-refractivity contribution in [2.24, 2.45) is 0 Å². The molecule has 1 N–H and O–H groups in total. The lowest BCUT2D eigenvalue weighted by Gasteiger charge is -2.16. The van der Waals surface area contributed by atoms with Gasteiger partial charge in [-0.3, -0.25) is 0 Å². The van der Waals surface area contributed by atoms with Crippen molar-refractivity contribution in [3.05, 3.63) is 58.9 Å². The summed E-state index contributed by atoms with van der Waals surface area (Å²) in [5.74, 6) is 0. The Bertz CT molecular complexity index is 530. The lowest BCUT2D eigenvalue weighted by atomic mass is 10.1. The van der Waals surface area contributed by atoms with Crippen LogP contribution in [0.3, 0.4) is 0 Å². The second-order valence-corrected chi connectivity index (χ2v) is 5.98. The Morgan fingerprint density at radius 1 is 1.10 bits per heavy atom. The molecule has 2 nitrogen and oxygen atoms in total. The largest absolute Gasteiger partial charge is 0.350 e. The number of rotatable bonds is 8. The summed E-state index contributed by atoms with van der Waals surface area (Å²) in [6, 6.07) is 10.8. The van der Waals surface area contributed by atoms with Crippen LogP contribution in [0.5, 0.6) is 0 Å². The highest BCUT2D eigenvalue weighted by Crippen LogP contribution is 2.20. The summed E-state index contributed by atoms with van der Waals surface area (Å²) in [7, 11) is 0. The zero-order valence-corrected chi connectivity index (χ0v) is 13.7. The molecule has 2 rings (SSSR count). The van der Waals surface area contributed by atoms with Crippen LogP contribution in [0.25, 0.3) is 0 Å². The van der Waals surface area contributed by atoms with Gasteiger partial charge in [-0.15, -0.1) is 0 Å². The molecule has 2 aromatic rings. The molecule has 0 spiro atoms. The van der Waals surface area contributed by atoms with Gasteiger partial charge < -0.3 is 9.88 Å². The van der Waals surface area contributed by atoms with E-state index < -0.39 is 0 Å². The van der Waals surface area contributed by atoms with E-state index in [1.165, 1.54) is 30.4 Å². The third-order valence-electron chi connectivity index (χ3n) is 3.67. The summed E-state index contributed by atoms with van der Waals surface area (Å²) in [5, 5.41) is 4.43. The molecule has 0 fully saturated rings. The molecule has 21 heavy (non-hydrogen) atoms. The number of nitrogens with one attached hydrogen (secondary N) is 1. The average molecular weight is 305 g/mol. The van der Waals surface area contributed by atoms with Crippen molar-refractivity contribution in [2.75, 3.05) is 6.54 Å². The van der Waals surface area contributed by atoms with E-state index in [0.29, 0.717) is 6.04 Å². The molecule has 0 aliphatic rings. The van der Waals surface area contributed by atoms with Crippen LogP contribution in [0.1, 0.15) is 50.3 Å². The van der Waals surface area contributed by atoms with Gasteiger partial charge >= 0.3 is 0 Å². The highest BCUT2D eigenvalue weighted by molar-refractivity contribution is 6.30. The molecular formula is C18H25ClN2. The van der Waals surface area contributed by atoms with E-state index >= 15 is 0 Å². The van der Waals surface area contributed by atoms with Gasteiger partial charge in [0.2, 0.25) is 0 Å². The summed E-state index contributed by atoms with van der Waals surface area (Å²) in [4.78, 5) is 0. The summed E-state index contributed by atoms with van der Waals surface area (Å²) >= 11 is 5.93. The summed E-state index contributed by atoms with van der Waals surface area (Å²) in [5.41, 5.74) is 2.66. The zero-order valence-electron chi connectivity index (χ0n) is 13.0. The predicted molar refractivity (Wildman–Crippen MR) is 90.9 cm³/mol. The molecule has 1 aromatic heterocycles. The molecule has 0 radical (unpaired) electrons. The van der Waals surface area contributed by atoms with Crippen LogP contribution in [0.4, 0.5) is 0 Å². The molecular weight excluding hydrogens is 280 g/mol. The fourth-order valence-electron chi connectivity index (χ4n) is 2.56. The second kappa shape index (κ2) is 8.26. The Kier molecular flexibility index (Phi) is 6.34. The molecule has 114 valence electrons. The normalized spacial score (nSPS) is 12.5. The lowest BCUT2D eigenvalue weighted by Crippen LogP contribution is -2.21. The first-order valence-electron chi connectivity index (χ1n) is 7.86. The molecule has 0 bridgehead atoms. The third-order valence-corrected chi connectivity index (χ3v) is 3.92. The van der Waals surface area contributed by atoms with Crippen molar-refractivity contribution in [3.63, 3.8) is 0 Å². The van der Waals surface area contributed by atoms with Crippen LogP contribution in [0, 0.1) is 0 Å². The van der Waals surface area contributed by atoms with Crippen LogP contribution in [-0.4, -0.2) is 11.1 Å². The minimum absolute atomic E-state index is 0.474. The van der Waals surface area contributed by atoms with Gasteiger partial charge in [-0.05, 0) is 48.7 Å². The number of aromatic nitrogens is 1. The van der Waals surface area contributed by atoms with Gasteiger partial charge in [-0.1, -0.05) is 44.0 Å². The maximum absolute atomic E-state index is 5.93. The molecule has 0 aliphatic heterocycles. The van der Waals surface area contributed by atoms with Crippen LogP contribution in [0.2, 0.25) is 5.02 Å². The van der Waals surface area contributed by atoms with Gasteiger partial charge in [0.15, 0.2) is 0 Å². The minimum Gasteiger partial charge on any atom is -0.350 e. The third kappa shape index (κ3) is 4.90. The molecule has 0 saturated carbocycles. The molecule has 3 heteroatoms. The molecule has 1 unspecified atom stereocenters. The Hall–Kier alpha value is -1.25. The van der Waals surface area contributed by atoms with E-state index in [2.05, 4.69) is 54.3 Å². The van der Waals surface area contributed by atoms with Crippen molar-refractivity contribution in [1.29, 1.82) is 0 Å². The van der Waals surface area contributed by atoms with Crippen LogP contribution in [-0.2, 0) is 6.54 Å². The maximum atomic E-state index is 5.93. The van der Waals surface area contributed by atoms with Gasteiger partial charge in [-0.25, -0.2) is 0 Å². The quantitative estimate of drug-likeness (QED) is 0.723. The van der Waals surface area contributed by atoms with Crippen LogP contribution in [0.15, 0.2) is 42.7 Å². The standard InChI is InChI=1S/C18H25ClN2/c1-3-5-18(20-11-4-2)16-10-12-21(14-16)13-15-6-8-17(19)9-7-15/h6-10,12,14,18,20H,3-5,11,13H2,1-2H3. The first-order chi connectivity index (χ1) is 10.2. The highest BCUT2D eigenvalue weighted by Gasteiger charge is 2.10. The monoisotopic (exact) mass is 304 g/mol. The van der Waals surface area contributed by atoms with E-state index in [4.69, 9.17) is 11.6 Å². The second-order valence-electron chi connectivity index (χ2n) is 5.54. The number of halogens is 1. The Morgan fingerprint density at radius 2 is 1.86 bits per heavy atom. The number of hydrogen-bond donors (Lipinski definition) is 1. The fraction of sp³-hybridized carbons (Fsp3) is 0.444. The Balaban J connectivity index is 2.03. The van der Waals surface area contributed by atoms with Crippen molar-refractivity contribution in [1.82, 2.24) is 9.88 Å². The molecule has 0 saturated heterocycles. The summed E-state index contributed by atoms with van der Waals surface area (Å²) < 4.78 is 2.24. The Labute approximate surface area is 133 Å². The minimum atomic E-state index is 0.474. The topological polar surface area (TPSA) is 17.0 Å².